The van der Waals surface area contributed by atoms with Gasteiger partial charge in [-0.15, -0.1) is 5.10 Å². The lowest BCUT2D eigenvalue weighted by Gasteiger charge is -2.32. The Morgan fingerprint density at radius 1 is 1.32 bits per heavy atom. The van der Waals surface area contributed by atoms with E-state index in [-0.39, 0.29) is 35.9 Å². The van der Waals surface area contributed by atoms with Gasteiger partial charge in [0.05, 0.1) is 18.4 Å². The number of benzene rings is 1. The lowest BCUT2D eigenvalue weighted by atomic mass is 10.1. The van der Waals surface area contributed by atoms with E-state index in [0.29, 0.717) is 12.2 Å². The third-order valence-corrected chi connectivity index (χ3v) is 4.04. The Labute approximate surface area is 143 Å². The Morgan fingerprint density at radius 2 is 2.08 bits per heavy atom. The summed E-state index contributed by atoms with van der Waals surface area (Å²) in [6.45, 7) is 1.55. The SMILES string of the molecule is NC(=O)CN1CCC[C@H](NC(=O)c2cn(-c3ccc(F)cc3)nn2)C1. The van der Waals surface area contributed by atoms with Crippen LogP contribution in [-0.4, -0.2) is 57.4 Å². The quantitative estimate of drug-likeness (QED) is 0.798. The van der Waals surface area contributed by atoms with Gasteiger partial charge in [0, 0.05) is 12.6 Å². The van der Waals surface area contributed by atoms with E-state index in [1.165, 1.54) is 23.0 Å². The van der Waals surface area contributed by atoms with Crippen LogP contribution in [0.1, 0.15) is 23.3 Å². The number of carbonyl (C=O) groups is 2. The summed E-state index contributed by atoms with van der Waals surface area (Å²) in [5, 5.41) is 10.7. The third-order valence-electron chi connectivity index (χ3n) is 4.04. The van der Waals surface area contributed by atoms with E-state index in [2.05, 4.69) is 15.6 Å². The third kappa shape index (κ3) is 4.38. The van der Waals surface area contributed by atoms with Crippen molar-refractivity contribution >= 4 is 11.8 Å². The van der Waals surface area contributed by atoms with Gasteiger partial charge in [0.1, 0.15) is 5.82 Å². The van der Waals surface area contributed by atoms with E-state index >= 15 is 0 Å². The minimum atomic E-state index is -0.380. The van der Waals surface area contributed by atoms with Gasteiger partial charge in [0.2, 0.25) is 5.91 Å². The van der Waals surface area contributed by atoms with Crippen LogP contribution in [0.5, 0.6) is 0 Å². The molecule has 1 atom stereocenters. The second kappa shape index (κ2) is 7.39. The summed E-state index contributed by atoms with van der Waals surface area (Å²) < 4.78 is 14.4. The van der Waals surface area contributed by atoms with Crippen LogP contribution in [0.3, 0.4) is 0 Å². The number of nitrogens with two attached hydrogens (primary N) is 1. The molecule has 2 aromatic rings. The minimum Gasteiger partial charge on any atom is -0.369 e. The highest BCUT2D eigenvalue weighted by Gasteiger charge is 2.23. The number of nitrogens with zero attached hydrogens (tertiary/aromatic N) is 4. The largest absolute Gasteiger partial charge is 0.369 e. The van der Waals surface area contributed by atoms with Gasteiger partial charge in [-0.3, -0.25) is 14.5 Å². The van der Waals surface area contributed by atoms with E-state index in [0.717, 1.165) is 19.4 Å². The molecule has 1 aliphatic heterocycles. The van der Waals surface area contributed by atoms with E-state index in [9.17, 15) is 14.0 Å². The van der Waals surface area contributed by atoms with Crippen LogP contribution in [-0.2, 0) is 4.79 Å². The number of primary amides is 1. The number of likely N-dealkylation sites (tertiary alicyclic amines) is 1. The first-order valence-corrected chi connectivity index (χ1v) is 8.01. The highest BCUT2D eigenvalue weighted by atomic mass is 19.1. The number of aromatic nitrogens is 3. The average Bonchev–Trinajstić information content (AvgIpc) is 3.05. The zero-order valence-electron chi connectivity index (χ0n) is 13.6. The Bertz CT molecular complexity index is 760. The first kappa shape index (κ1) is 17.0. The molecule has 0 radical (unpaired) electrons. The van der Waals surface area contributed by atoms with Crippen molar-refractivity contribution in [3.8, 4) is 5.69 Å². The van der Waals surface area contributed by atoms with E-state index < -0.39 is 0 Å². The lowest BCUT2D eigenvalue weighted by molar-refractivity contribution is -0.119. The molecule has 1 aromatic heterocycles. The fourth-order valence-electron chi connectivity index (χ4n) is 2.88. The summed E-state index contributed by atoms with van der Waals surface area (Å²) in [5.41, 5.74) is 6.00. The molecule has 2 heterocycles. The number of nitrogens with one attached hydrogen (secondary N) is 1. The Balaban J connectivity index is 1.62. The topological polar surface area (TPSA) is 106 Å². The van der Waals surface area contributed by atoms with Crippen molar-refractivity contribution in [3.05, 3.63) is 42.0 Å². The van der Waals surface area contributed by atoms with Crippen LogP contribution in [0.15, 0.2) is 30.5 Å². The highest BCUT2D eigenvalue weighted by Crippen LogP contribution is 2.11. The Morgan fingerprint density at radius 3 is 2.80 bits per heavy atom. The van der Waals surface area contributed by atoms with Gasteiger partial charge in [0.25, 0.3) is 5.91 Å². The molecule has 0 spiro atoms. The molecule has 2 amide bonds. The van der Waals surface area contributed by atoms with Crippen LogP contribution in [0.4, 0.5) is 4.39 Å². The molecule has 3 N–H and O–H groups in total. The molecule has 0 unspecified atom stereocenters. The van der Waals surface area contributed by atoms with Crippen molar-refractivity contribution in [1.82, 2.24) is 25.2 Å². The molecule has 0 bridgehead atoms. The molecule has 132 valence electrons. The molecule has 0 aliphatic carbocycles. The summed E-state index contributed by atoms with van der Waals surface area (Å²) in [4.78, 5) is 25.3. The van der Waals surface area contributed by atoms with E-state index in [1.807, 2.05) is 4.90 Å². The Kier molecular flexibility index (Phi) is 5.03. The van der Waals surface area contributed by atoms with Crippen LogP contribution < -0.4 is 11.1 Å². The lowest BCUT2D eigenvalue weighted by Crippen LogP contribution is -2.49. The smallest absolute Gasteiger partial charge is 0.273 e. The molecule has 1 aromatic carbocycles. The number of hydrogen-bond acceptors (Lipinski definition) is 5. The normalized spacial score (nSPS) is 18.0. The number of piperidine rings is 1. The molecule has 1 aliphatic rings. The maximum Gasteiger partial charge on any atom is 0.273 e. The molecule has 9 heteroatoms. The van der Waals surface area contributed by atoms with E-state index in [1.54, 1.807) is 12.1 Å². The minimum absolute atomic E-state index is 0.0726. The van der Waals surface area contributed by atoms with Gasteiger partial charge in [0.15, 0.2) is 5.69 Å². The fourth-order valence-corrected chi connectivity index (χ4v) is 2.88. The van der Waals surface area contributed by atoms with Crippen molar-refractivity contribution in [2.45, 2.75) is 18.9 Å². The Hall–Kier alpha value is -2.81. The number of amides is 2. The van der Waals surface area contributed by atoms with Crippen LogP contribution in [0, 0.1) is 5.82 Å². The van der Waals surface area contributed by atoms with Gasteiger partial charge < -0.3 is 11.1 Å². The summed E-state index contributed by atoms with van der Waals surface area (Å²) in [6.07, 6.45) is 3.19. The van der Waals surface area contributed by atoms with Crippen molar-refractivity contribution in [3.63, 3.8) is 0 Å². The maximum atomic E-state index is 13.0. The van der Waals surface area contributed by atoms with Gasteiger partial charge >= 0.3 is 0 Å². The zero-order valence-corrected chi connectivity index (χ0v) is 13.6. The number of carbonyl (C=O) groups excluding carboxylic acids is 2. The molecule has 25 heavy (non-hydrogen) atoms. The number of rotatable bonds is 5. The number of halogens is 1. The second-order valence-corrected chi connectivity index (χ2v) is 6.04. The summed E-state index contributed by atoms with van der Waals surface area (Å²) in [5.74, 6) is -1.06. The van der Waals surface area contributed by atoms with Gasteiger partial charge in [-0.05, 0) is 43.7 Å². The highest BCUT2D eigenvalue weighted by molar-refractivity contribution is 5.92. The number of hydrogen-bond donors (Lipinski definition) is 2. The van der Waals surface area contributed by atoms with Gasteiger partial charge in [-0.2, -0.15) is 0 Å². The summed E-state index contributed by atoms with van der Waals surface area (Å²) >= 11 is 0. The molecule has 1 saturated heterocycles. The second-order valence-electron chi connectivity index (χ2n) is 6.04. The van der Waals surface area contributed by atoms with Crippen molar-refractivity contribution in [2.75, 3.05) is 19.6 Å². The van der Waals surface area contributed by atoms with E-state index in [4.69, 9.17) is 5.73 Å². The first-order valence-electron chi connectivity index (χ1n) is 8.01. The monoisotopic (exact) mass is 346 g/mol. The van der Waals surface area contributed by atoms with Crippen LogP contribution in [0.2, 0.25) is 0 Å². The average molecular weight is 346 g/mol. The molecule has 1 fully saturated rings. The summed E-state index contributed by atoms with van der Waals surface area (Å²) in [6, 6.07) is 5.65. The van der Waals surface area contributed by atoms with Gasteiger partial charge in [-0.1, -0.05) is 5.21 Å². The molecule has 3 rings (SSSR count). The molecular weight excluding hydrogens is 327 g/mol. The van der Waals surface area contributed by atoms with Crippen LogP contribution >= 0.6 is 0 Å². The summed E-state index contributed by atoms with van der Waals surface area (Å²) in [7, 11) is 0. The zero-order chi connectivity index (χ0) is 17.8. The standard InChI is InChI=1S/C16H19FN6O2/c17-11-3-5-13(6-4-11)23-9-14(20-21-23)16(25)19-12-2-1-7-22(8-12)10-15(18)24/h3-6,9,12H,1-2,7-8,10H2,(H2,18,24)(H,19,25)/t12-/m0/s1. The first-order chi connectivity index (χ1) is 12.0. The van der Waals surface area contributed by atoms with Crippen molar-refractivity contribution < 1.29 is 14.0 Å². The maximum absolute atomic E-state index is 13.0. The van der Waals surface area contributed by atoms with Gasteiger partial charge in [-0.25, -0.2) is 9.07 Å². The molecule has 0 saturated carbocycles. The van der Waals surface area contributed by atoms with Crippen LogP contribution in [0.25, 0.3) is 5.69 Å². The molecule has 8 nitrogen and oxygen atoms in total. The van der Waals surface area contributed by atoms with Crippen molar-refractivity contribution in [2.24, 2.45) is 5.73 Å². The fraction of sp³-hybridized carbons (Fsp3) is 0.375. The predicted molar refractivity (Wildman–Crippen MR) is 87.4 cm³/mol. The predicted octanol–water partition coefficient (Wildman–Crippen LogP) is 0.0859. The molecular formula is C16H19FN6O2. The van der Waals surface area contributed by atoms with Crippen molar-refractivity contribution in [1.29, 1.82) is 0 Å².